The van der Waals surface area contributed by atoms with Crippen LogP contribution in [0.3, 0.4) is 0 Å². The Morgan fingerprint density at radius 1 is 0.298 bits per heavy atom. The Morgan fingerprint density at radius 3 is 1.58 bits per heavy atom. The molecule has 3 heterocycles. The average molecular weight is 726 g/mol. The summed E-state index contributed by atoms with van der Waals surface area (Å²) in [5.74, 6) is 0. The monoisotopic (exact) mass is 725 g/mol. The van der Waals surface area contributed by atoms with Gasteiger partial charge in [0.25, 0.3) is 0 Å². The summed E-state index contributed by atoms with van der Waals surface area (Å²) in [6, 6.07) is 77.2. The Bertz CT molecular complexity index is 3420. The summed E-state index contributed by atoms with van der Waals surface area (Å²) in [5.41, 5.74) is 15.5. The highest BCUT2D eigenvalue weighted by molar-refractivity contribution is 6.33. The minimum atomic E-state index is 1.10. The first-order valence-corrected chi connectivity index (χ1v) is 19.6. The fourth-order valence-electron chi connectivity index (χ4n) is 9.39. The maximum absolute atomic E-state index is 2.55. The Balaban J connectivity index is 1.09. The molecule has 3 aromatic heterocycles. The molecule has 0 saturated heterocycles. The van der Waals surface area contributed by atoms with Gasteiger partial charge in [-0.15, -0.1) is 0 Å². The van der Waals surface area contributed by atoms with E-state index in [1.165, 1.54) is 82.2 Å². The molecule has 57 heavy (non-hydrogen) atoms. The number of fused-ring (bicyclic) bond motifs is 6. The predicted octanol–water partition coefficient (Wildman–Crippen LogP) is 14.7. The van der Waals surface area contributed by atoms with Gasteiger partial charge in [-0.25, -0.2) is 0 Å². The van der Waals surface area contributed by atoms with E-state index in [4.69, 9.17) is 0 Å². The van der Waals surface area contributed by atoms with Crippen molar-refractivity contribution >= 4 is 77.0 Å². The fourth-order valence-corrected chi connectivity index (χ4v) is 9.39. The Hall–Kier alpha value is -7.62. The van der Waals surface area contributed by atoms with E-state index in [1.54, 1.807) is 0 Å². The maximum atomic E-state index is 2.55. The number of para-hydroxylation sites is 3. The maximum Gasteiger partial charge on any atom is 0.0642 e. The lowest BCUT2D eigenvalue weighted by atomic mass is 10.0. The first-order valence-electron chi connectivity index (χ1n) is 19.6. The van der Waals surface area contributed by atoms with E-state index in [-0.39, 0.29) is 0 Å². The molecule has 3 heteroatoms. The highest BCUT2D eigenvalue weighted by Gasteiger charge is 2.24. The second-order valence-electron chi connectivity index (χ2n) is 14.9. The summed E-state index contributed by atoms with van der Waals surface area (Å²) in [5, 5.41) is 7.63. The fraction of sp³-hybridized carbons (Fsp3) is 0. The molecule has 12 aromatic rings. The van der Waals surface area contributed by atoms with E-state index < -0.39 is 0 Å². The molecule has 0 atom stereocenters. The van der Waals surface area contributed by atoms with Gasteiger partial charge in [-0.05, 0) is 88.8 Å². The van der Waals surface area contributed by atoms with E-state index in [2.05, 4.69) is 226 Å². The normalized spacial score (nSPS) is 11.9. The van der Waals surface area contributed by atoms with E-state index in [9.17, 15) is 0 Å². The third-order valence-corrected chi connectivity index (χ3v) is 11.8. The van der Waals surface area contributed by atoms with Crippen molar-refractivity contribution < 1.29 is 0 Å². The zero-order chi connectivity index (χ0) is 37.5. The van der Waals surface area contributed by atoms with Gasteiger partial charge < -0.3 is 13.9 Å². The summed E-state index contributed by atoms with van der Waals surface area (Å²) in [6.07, 6.45) is 0. The third-order valence-electron chi connectivity index (χ3n) is 11.8. The average Bonchev–Trinajstić information content (AvgIpc) is 3.77. The van der Waals surface area contributed by atoms with E-state index in [0.29, 0.717) is 0 Å². The minimum Gasteiger partial charge on any atom is -0.311 e. The van der Waals surface area contributed by atoms with Crippen LogP contribution in [0, 0.1) is 0 Å². The van der Waals surface area contributed by atoms with E-state index in [1.807, 2.05) is 0 Å². The number of aromatic nitrogens is 2. The highest BCUT2D eigenvalue weighted by Crippen LogP contribution is 2.47. The smallest absolute Gasteiger partial charge is 0.0642 e. The molecule has 0 aliphatic rings. The second-order valence-corrected chi connectivity index (χ2v) is 14.9. The minimum absolute atomic E-state index is 1.10. The summed E-state index contributed by atoms with van der Waals surface area (Å²) in [6.45, 7) is 0. The number of benzene rings is 9. The van der Waals surface area contributed by atoms with Crippen LogP contribution in [0.1, 0.15) is 0 Å². The first-order chi connectivity index (χ1) is 28.3. The molecule has 266 valence electrons. The van der Waals surface area contributed by atoms with Crippen molar-refractivity contribution in [2.24, 2.45) is 0 Å². The quantitative estimate of drug-likeness (QED) is 0.166. The molecule has 0 spiro atoms. The van der Waals surface area contributed by atoms with Gasteiger partial charge in [-0.2, -0.15) is 0 Å². The summed E-state index contributed by atoms with van der Waals surface area (Å²) >= 11 is 0. The van der Waals surface area contributed by atoms with Crippen LogP contribution in [0.25, 0.3) is 87.8 Å². The number of hydrogen-bond acceptors (Lipinski definition) is 1. The van der Waals surface area contributed by atoms with Crippen molar-refractivity contribution in [1.29, 1.82) is 0 Å². The van der Waals surface area contributed by atoms with Crippen LogP contribution in [0.4, 0.5) is 17.1 Å². The van der Waals surface area contributed by atoms with Crippen molar-refractivity contribution in [1.82, 2.24) is 8.97 Å². The largest absolute Gasteiger partial charge is 0.311 e. The van der Waals surface area contributed by atoms with Crippen LogP contribution in [0.2, 0.25) is 0 Å². The lowest BCUT2D eigenvalue weighted by Gasteiger charge is -2.26. The van der Waals surface area contributed by atoms with Gasteiger partial charge >= 0.3 is 0 Å². The number of nitrogens with zero attached hydrogens (tertiary/aromatic N) is 3. The molecule has 9 aromatic carbocycles. The van der Waals surface area contributed by atoms with Crippen molar-refractivity contribution in [3.63, 3.8) is 0 Å². The molecule has 0 fully saturated rings. The Morgan fingerprint density at radius 2 is 0.825 bits per heavy atom. The van der Waals surface area contributed by atoms with Crippen LogP contribution in [-0.4, -0.2) is 8.97 Å². The molecule has 3 nitrogen and oxygen atoms in total. The van der Waals surface area contributed by atoms with Crippen LogP contribution < -0.4 is 4.90 Å². The summed E-state index contributed by atoms with van der Waals surface area (Å²) < 4.78 is 5.02. The molecular formula is C54H35N3. The van der Waals surface area contributed by atoms with Crippen LogP contribution in [-0.2, 0) is 0 Å². The van der Waals surface area contributed by atoms with Gasteiger partial charge in [-0.3, -0.25) is 0 Å². The van der Waals surface area contributed by atoms with Crippen molar-refractivity contribution in [3.8, 4) is 27.9 Å². The van der Waals surface area contributed by atoms with Gasteiger partial charge in [0, 0.05) is 55.2 Å². The third kappa shape index (κ3) is 4.73. The topological polar surface area (TPSA) is 12.6 Å². The molecule has 0 amide bonds. The molecule has 0 bridgehead atoms. The molecule has 0 radical (unpaired) electrons. The van der Waals surface area contributed by atoms with Crippen molar-refractivity contribution in [2.75, 3.05) is 4.90 Å². The predicted molar refractivity (Wildman–Crippen MR) is 241 cm³/mol. The van der Waals surface area contributed by atoms with E-state index in [0.717, 1.165) is 22.7 Å². The SMILES string of the molecule is c1ccc(-c2ccc(N(c3ccccc3)c3ccc(-n4c5cccc6c7ccccc7n7c8c(-c9ccccc9)cccc8c8ccc4c(c65)c87)cc3)cc2)cc1. The van der Waals surface area contributed by atoms with Crippen molar-refractivity contribution in [2.45, 2.75) is 0 Å². The zero-order valence-electron chi connectivity index (χ0n) is 31.0. The standard InChI is InChI=1S/C54H35N3/c1-4-14-36(15-5-1)37-26-28-40(29-27-37)55(39-18-8-3-9-19-39)41-30-32-42(33-31-41)56-49-25-13-22-45-44-20-10-11-24-48(44)57-53-43(38-16-6-2-7-17-38)21-12-23-46(53)47-34-35-50(56)52(51(45)49)54(47)57/h1-35H. The van der Waals surface area contributed by atoms with Crippen LogP contribution in [0.15, 0.2) is 212 Å². The summed E-state index contributed by atoms with van der Waals surface area (Å²) in [4.78, 5) is 2.34. The lowest BCUT2D eigenvalue weighted by Crippen LogP contribution is -2.10. The highest BCUT2D eigenvalue weighted by atomic mass is 15.1. The number of hydrogen-bond donors (Lipinski definition) is 0. The van der Waals surface area contributed by atoms with Crippen LogP contribution in [0.5, 0.6) is 0 Å². The van der Waals surface area contributed by atoms with E-state index >= 15 is 0 Å². The molecular weight excluding hydrogens is 691 g/mol. The molecule has 0 N–H and O–H groups in total. The summed E-state index contributed by atoms with van der Waals surface area (Å²) in [7, 11) is 0. The van der Waals surface area contributed by atoms with Gasteiger partial charge in [0.1, 0.15) is 0 Å². The van der Waals surface area contributed by atoms with Gasteiger partial charge in [0.15, 0.2) is 0 Å². The van der Waals surface area contributed by atoms with Gasteiger partial charge in [0.2, 0.25) is 0 Å². The molecule has 0 aliphatic carbocycles. The zero-order valence-corrected chi connectivity index (χ0v) is 31.0. The Kier molecular flexibility index (Phi) is 6.93. The van der Waals surface area contributed by atoms with Gasteiger partial charge in [-0.1, -0.05) is 146 Å². The molecule has 12 rings (SSSR count). The number of rotatable bonds is 6. The molecule has 0 aliphatic heterocycles. The van der Waals surface area contributed by atoms with Gasteiger partial charge in [0.05, 0.1) is 27.6 Å². The lowest BCUT2D eigenvalue weighted by molar-refractivity contribution is 1.17. The van der Waals surface area contributed by atoms with Crippen LogP contribution >= 0.6 is 0 Å². The molecule has 0 unspecified atom stereocenters. The van der Waals surface area contributed by atoms with Crippen molar-refractivity contribution in [3.05, 3.63) is 212 Å². The Labute approximate surface area is 329 Å². The second kappa shape index (κ2) is 12.5. The first kappa shape index (κ1) is 31.7. The molecule has 0 saturated carbocycles. The number of anilines is 3.